The average Bonchev–Trinajstić information content (AvgIpc) is 3.07. The van der Waals surface area contributed by atoms with E-state index >= 15 is 0 Å². The van der Waals surface area contributed by atoms with Gasteiger partial charge in [0.15, 0.2) is 0 Å². The summed E-state index contributed by atoms with van der Waals surface area (Å²) in [6, 6.07) is 3.30. The fourth-order valence-electron chi connectivity index (χ4n) is 3.95. The molecule has 2 amide bonds. The second kappa shape index (κ2) is 7.39. The van der Waals surface area contributed by atoms with Crippen molar-refractivity contribution in [1.29, 1.82) is 0 Å². The first-order valence-corrected chi connectivity index (χ1v) is 8.73. The number of pyridine rings is 1. The normalized spacial score (nSPS) is 23.4. The van der Waals surface area contributed by atoms with Gasteiger partial charge in [0.1, 0.15) is 5.54 Å². The molecule has 2 fully saturated rings. The molecule has 1 aromatic heterocycles. The largest absolute Gasteiger partial charge is 0.481 e. The molecule has 1 aromatic rings. The van der Waals surface area contributed by atoms with Crippen LogP contribution in [0.15, 0.2) is 18.3 Å². The van der Waals surface area contributed by atoms with Crippen LogP contribution in [0.3, 0.4) is 0 Å². The predicted octanol–water partition coefficient (Wildman–Crippen LogP) is 1.33. The number of carbonyl (C=O) groups excluding carboxylic acids is 2. The second-order valence-corrected chi connectivity index (χ2v) is 6.57. The van der Waals surface area contributed by atoms with Crippen molar-refractivity contribution in [1.82, 2.24) is 14.8 Å². The van der Waals surface area contributed by atoms with E-state index in [1.807, 2.05) is 4.90 Å². The lowest BCUT2D eigenvalue weighted by Gasteiger charge is -2.44. The molecule has 0 bridgehead atoms. The molecule has 0 aromatic carbocycles. The summed E-state index contributed by atoms with van der Waals surface area (Å²) in [7, 11) is 3.15. The van der Waals surface area contributed by atoms with E-state index in [4.69, 9.17) is 9.47 Å². The smallest absolute Gasteiger partial charge is 0.255 e. The van der Waals surface area contributed by atoms with Crippen LogP contribution in [-0.4, -0.2) is 72.6 Å². The highest BCUT2D eigenvalue weighted by atomic mass is 16.5. The number of nitrogens with zero attached hydrogens (tertiary/aromatic N) is 3. The van der Waals surface area contributed by atoms with Crippen LogP contribution < -0.4 is 4.74 Å². The maximum Gasteiger partial charge on any atom is 0.255 e. The Hall–Kier alpha value is -2.15. The van der Waals surface area contributed by atoms with E-state index in [9.17, 15) is 9.59 Å². The quantitative estimate of drug-likeness (QED) is 0.804. The second-order valence-electron chi connectivity index (χ2n) is 6.57. The summed E-state index contributed by atoms with van der Waals surface area (Å²) in [6.45, 7) is 2.42. The fraction of sp³-hybridized carbons (Fsp3) is 0.611. The number of likely N-dealkylation sites (tertiary alicyclic amines) is 2. The number of rotatable bonds is 5. The van der Waals surface area contributed by atoms with Gasteiger partial charge in [0.25, 0.3) is 5.91 Å². The standard InChI is InChI=1S/C18H25N3O4/c1-24-12-11-20-9-3-6-18(17(20)23)7-4-10-21(18)16(22)14-5-8-19-15(13-14)25-2/h5,8,13H,3-4,6-7,9-12H2,1-2H3. The molecule has 7 heteroatoms. The van der Waals surface area contributed by atoms with Crippen molar-refractivity contribution in [3.63, 3.8) is 0 Å². The lowest BCUT2D eigenvalue weighted by atomic mass is 9.85. The number of aromatic nitrogens is 1. The minimum atomic E-state index is -0.709. The van der Waals surface area contributed by atoms with Gasteiger partial charge in [-0.1, -0.05) is 0 Å². The molecule has 1 atom stereocenters. The van der Waals surface area contributed by atoms with Crippen LogP contribution in [0.1, 0.15) is 36.0 Å². The monoisotopic (exact) mass is 347 g/mol. The molecular weight excluding hydrogens is 322 g/mol. The molecule has 0 saturated carbocycles. The van der Waals surface area contributed by atoms with Gasteiger partial charge in [0, 0.05) is 44.6 Å². The van der Waals surface area contributed by atoms with Crippen molar-refractivity contribution < 1.29 is 19.1 Å². The van der Waals surface area contributed by atoms with Crippen LogP contribution in [-0.2, 0) is 9.53 Å². The van der Waals surface area contributed by atoms with Gasteiger partial charge in [-0.2, -0.15) is 0 Å². The molecule has 0 aliphatic carbocycles. The van der Waals surface area contributed by atoms with E-state index in [1.165, 1.54) is 7.11 Å². The first-order chi connectivity index (χ1) is 12.1. The Kier molecular flexibility index (Phi) is 5.22. The van der Waals surface area contributed by atoms with Crippen molar-refractivity contribution in [2.75, 3.05) is 40.5 Å². The number of hydrogen-bond acceptors (Lipinski definition) is 5. The zero-order valence-corrected chi connectivity index (χ0v) is 14.9. The Morgan fingerprint density at radius 2 is 2.04 bits per heavy atom. The van der Waals surface area contributed by atoms with Crippen molar-refractivity contribution in [3.8, 4) is 5.88 Å². The van der Waals surface area contributed by atoms with E-state index in [1.54, 1.807) is 30.3 Å². The molecule has 25 heavy (non-hydrogen) atoms. The minimum absolute atomic E-state index is 0.0580. The van der Waals surface area contributed by atoms with E-state index in [2.05, 4.69) is 4.98 Å². The number of carbonyl (C=O) groups is 2. The Morgan fingerprint density at radius 1 is 1.28 bits per heavy atom. The molecular formula is C18H25N3O4. The van der Waals surface area contributed by atoms with Gasteiger partial charge in [-0.05, 0) is 31.7 Å². The Bertz CT molecular complexity index is 651. The molecule has 2 aliphatic heterocycles. The number of ether oxygens (including phenoxy) is 2. The predicted molar refractivity (Wildman–Crippen MR) is 91.5 cm³/mol. The van der Waals surface area contributed by atoms with Crippen molar-refractivity contribution >= 4 is 11.8 Å². The van der Waals surface area contributed by atoms with E-state index in [0.717, 1.165) is 32.2 Å². The molecule has 1 spiro atoms. The molecule has 136 valence electrons. The average molecular weight is 347 g/mol. The molecule has 2 aliphatic rings. The topological polar surface area (TPSA) is 72.0 Å². The summed E-state index contributed by atoms with van der Waals surface area (Å²) in [6.07, 6.45) is 4.76. The SMILES string of the molecule is COCCN1CCCC2(CCCN2C(=O)c2ccnc(OC)c2)C1=O. The lowest BCUT2D eigenvalue weighted by molar-refractivity contribution is -0.146. The number of amides is 2. The summed E-state index contributed by atoms with van der Waals surface area (Å²) in [4.78, 5) is 33.9. The highest BCUT2D eigenvalue weighted by Crippen LogP contribution is 2.39. The molecule has 2 saturated heterocycles. The Balaban J connectivity index is 1.85. The van der Waals surface area contributed by atoms with Gasteiger partial charge in [0.2, 0.25) is 11.8 Å². The van der Waals surface area contributed by atoms with Crippen LogP contribution in [0.5, 0.6) is 5.88 Å². The van der Waals surface area contributed by atoms with Gasteiger partial charge in [-0.25, -0.2) is 4.98 Å². The lowest BCUT2D eigenvalue weighted by Crippen LogP contribution is -2.61. The van der Waals surface area contributed by atoms with Gasteiger partial charge < -0.3 is 19.3 Å². The first kappa shape index (κ1) is 17.7. The van der Waals surface area contributed by atoms with Crippen molar-refractivity contribution in [2.24, 2.45) is 0 Å². The third-order valence-corrected chi connectivity index (χ3v) is 5.19. The molecule has 0 N–H and O–H groups in total. The first-order valence-electron chi connectivity index (χ1n) is 8.73. The van der Waals surface area contributed by atoms with E-state index in [0.29, 0.717) is 31.1 Å². The number of methoxy groups -OCH3 is 2. The third kappa shape index (κ3) is 3.20. The summed E-state index contributed by atoms with van der Waals surface area (Å²) >= 11 is 0. The summed E-state index contributed by atoms with van der Waals surface area (Å²) in [5, 5.41) is 0. The Labute approximate surface area is 147 Å². The summed E-state index contributed by atoms with van der Waals surface area (Å²) < 4.78 is 10.2. The highest BCUT2D eigenvalue weighted by Gasteiger charge is 2.52. The fourth-order valence-corrected chi connectivity index (χ4v) is 3.95. The highest BCUT2D eigenvalue weighted by molar-refractivity contribution is 6.00. The van der Waals surface area contributed by atoms with Crippen LogP contribution in [0.25, 0.3) is 0 Å². The maximum atomic E-state index is 13.2. The molecule has 3 heterocycles. The van der Waals surface area contributed by atoms with E-state index in [-0.39, 0.29) is 11.8 Å². The molecule has 0 radical (unpaired) electrons. The van der Waals surface area contributed by atoms with Gasteiger partial charge in [0.05, 0.1) is 13.7 Å². The van der Waals surface area contributed by atoms with Gasteiger partial charge in [-0.15, -0.1) is 0 Å². The minimum Gasteiger partial charge on any atom is -0.481 e. The molecule has 3 rings (SSSR count). The summed E-state index contributed by atoms with van der Waals surface area (Å²) in [5.41, 5.74) is -0.200. The van der Waals surface area contributed by atoms with Gasteiger partial charge in [-0.3, -0.25) is 9.59 Å². The van der Waals surface area contributed by atoms with Gasteiger partial charge >= 0.3 is 0 Å². The zero-order valence-electron chi connectivity index (χ0n) is 14.9. The van der Waals surface area contributed by atoms with Crippen LogP contribution in [0, 0.1) is 0 Å². The molecule has 1 unspecified atom stereocenters. The number of hydrogen-bond donors (Lipinski definition) is 0. The number of piperidine rings is 1. The van der Waals surface area contributed by atoms with E-state index < -0.39 is 5.54 Å². The zero-order chi connectivity index (χ0) is 17.9. The van der Waals surface area contributed by atoms with Crippen LogP contribution in [0.4, 0.5) is 0 Å². The third-order valence-electron chi connectivity index (χ3n) is 5.19. The summed E-state index contributed by atoms with van der Waals surface area (Å²) in [5.74, 6) is 0.332. The maximum absolute atomic E-state index is 13.2. The van der Waals surface area contributed by atoms with Crippen molar-refractivity contribution in [2.45, 2.75) is 31.2 Å². The van der Waals surface area contributed by atoms with Crippen molar-refractivity contribution in [3.05, 3.63) is 23.9 Å². The molecule has 7 nitrogen and oxygen atoms in total. The Morgan fingerprint density at radius 3 is 2.76 bits per heavy atom. The van der Waals surface area contributed by atoms with Crippen LogP contribution in [0.2, 0.25) is 0 Å². The van der Waals surface area contributed by atoms with Crippen LogP contribution >= 0.6 is 0 Å².